The van der Waals surface area contributed by atoms with Gasteiger partial charge in [-0.2, -0.15) is 0 Å². The van der Waals surface area contributed by atoms with E-state index in [4.69, 9.17) is 9.84 Å². The van der Waals surface area contributed by atoms with Gasteiger partial charge >= 0.3 is 5.97 Å². The third-order valence-corrected chi connectivity index (χ3v) is 2.30. The number of benzene rings is 1. The number of carboxylic acids is 1. The van der Waals surface area contributed by atoms with E-state index < -0.39 is 17.7 Å². The van der Waals surface area contributed by atoms with Crippen molar-refractivity contribution in [1.82, 2.24) is 0 Å². The van der Waals surface area contributed by atoms with Crippen molar-refractivity contribution in [3.8, 4) is 11.5 Å². The molecule has 2 N–H and O–H groups in total. The average molecular weight is 228 g/mol. The number of methoxy groups -OCH3 is 1. The van der Waals surface area contributed by atoms with Crippen LogP contribution in [0.15, 0.2) is 12.1 Å². The number of rotatable bonds is 4. The molecule has 1 aromatic rings. The van der Waals surface area contributed by atoms with Crippen LogP contribution in [0, 0.1) is 11.7 Å². The Morgan fingerprint density at radius 2 is 2.19 bits per heavy atom. The first kappa shape index (κ1) is 12.3. The van der Waals surface area contributed by atoms with E-state index in [1.165, 1.54) is 20.1 Å². The number of aromatic hydroxyl groups is 1. The van der Waals surface area contributed by atoms with Gasteiger partial charge in [-0.1, -0.05) is 6.92 Å². The summed E-state index contributed by atoms with van der Waals surface area (Å²) in [5.41, 5.74) is 0.355. The summed E-state index contributed by atoms with van der Waals surface area (Å²) in [5.74, 6) is -2.56. The van der Waals surface area contributed by atoms with Gasteiger partial charge in [0.1, 0.15) is 5.75 Å². The van der Waals surface area contributed by atoms with Crippen LogP contribution in [0.2, 0.25) is 0 Å². The van der Waals surface area contributed by atoms with Crippen LogP contribution in [0.3, 0.4) is 0 Å². The summed E-state index contributed by atoms with van der Waals surface area (Å²) in [6.07, 6.45) is 0.123. The highest BCUT2D eigenvalue weighted by Crippen LogP contribution is 2.28. The molecule has 0 saturated carbocycles. The summed E-state index contributed by atoms with van der Waals surface area (Å²) in [7, 11) is 1.31. The third-order valence-electron chi connectivity index (χ3n) is 2.30. The Balaban J connectivity index is 3.00. The number of halogens is 1. The fourth-order valence-electron chi connectivity index (χ4n) is 1.32. The number of hydrogen-bond donors (Lipinski definition) is 2. The van der Waals surface area contributed by atoms with Crippen LogP contribution in [0.4, 0.5) is 4.39 Å². The zero-order chi connectivity index (χ0) is 12.3. The predicted molar refractivity (Wildman–Crippen MR) is 55.1 cm³/mol. The summed E-state index contributed by atoms with van der Waals surface area (Å²) in [5, 5.41) is 18.2. The maximum absolute atomic E-state index is 13.1. The van der Waals surface area contributed by atoms with Crippen LogP contribution >= 0.6 is 0 Å². The van der Waals surface area contributed by atoms with E-state index in [0.29, 0.717) is 5.56 Å². The number of phenolic OH excluding ortho intramolecular Hbond substituents is 1. The van der Waals surface area contributed by atoms with Crippen molar-refractivity contribution in [2.24, 2.45) is 5.92 Å². The molecule has 0 amide bonds. The van der Waals surface area contributed by atoms with Crippen molar-refractivity contribution in [3.05, 3.63) is 23.5 Å². The van der Waals surface area contributed by atoms with E-state index in [1.54, 1.807) is 0 Å². The van der Waals surface area contributed by atoms with E-state index in [9.17, 15) is 14.3 Å². The van der Waals surface area contributed by atoms with Gasteiger partial charge in [-0.05, 0) is 18.1 Å². The molecule has 0 radical (unpaired) electrons. The van der Waals surface area contributed by atoms with Crippen molar-refractivity contribution in [1.29, 1.82) is 0 Å². The molecule has 4 nitrogen and oxygen atoms in total. The smallest absolute Gasteiger partial charge is 0.306 e. The molecule has 88 valence electrons. The Labute approximate surface area is 92.3 Å². The molecule has 1 atom stereocenters. The zero-order valence-corrected chi connectivity index (χ0v) is 9.03. The number of phenols is 1. The van der Waals surface area contributed by atoms with Crippen LogP contribution in [0.25, 0.3) is 0 Å². The van der Waals surface area contributed by atoms with Gasteiger partial charge in [0.2, 0.25) is 0 Å². The minimum Gasteiger partial charge on any atom is -0.508 e. The molecule has 16 heavy (non-hydrogen) atoms. The van der Waals surface area contributed by atoms with E-state index in [-0.39, 0.29) is 17.9 Å². The zero-order valence-electron chi connectivity index (χ0n) is 9.03. The van der Waals surface area contributed by atoms with Crippen molar-refractivity contribution >= 4 is 5.97 Å². The monoisotopic (exact) mass is 228 g/mol. The molecule has 0 aliphatic carbocycles. The van der Waals surface area contributed by atoms with E-state index in [1.807, 2.05) is 0 Å². The molecule has 1 rings (SSSR count). The minimum absolute atomic E-state index is 0.00890. The number of hydrogen-bond acceptors (Lipinski definition) is 3. The van der Waals surface area contributed by atoms with Crippen LogP contribution in [0.5, 0.6) is 11.5 Å². The van der Waals surface area contributed by atoms with Gasteiger partial charge in [-0.3, -0.25) is 4.79 Å². The second kappa shape index (κ2) is 4.83. The molecule has 0 aromatic heterocycles. The Hall–Kier alpha value is -1.78. The Morgan fingerprint density at radius 1 is 1.56 bits per heavy atom. The highest BCUT2D eigenvalue weighted by atomic mass is 19.1. The van der Waals surface area contributed by atoms with Crippen LogP contribution in [-0.2, 0) is 11.2 Å². The molecule has 0 aliphatic rings. The first-order chi connectivity index (χ1) is 7.45. The van der Waals surface area contributed by atoms with Gasteiger partial charge in [0.05, 0.1) is 13.0 Å². The van der Waals surface area contributed by atoms with E-state index in [2.05, 4.69) is 0 Å². The Kier molecular flexibility index (Phi) is 3.71. The summed E-state index contributed by atoms with van der Waals surface area (Å²) in [4.78, 5) is 10.6. The Bertz CT molecular complexity index is 403. The second-order valence-corrected chi connectivity index (χ2v) is 3.56. The number of aliphatic carboxylic acids is 1. The molecule has 1 aromatic carbocycles. The lowest BCUT2D eigenvalue weighted by Crippen LogP contribution is -2.12. The van der Waals surface area contributed by atoms with Gasteiger partial charge in [0.15, 0.2) is 11.6 Å². The molecule has 0 heterocycles. The molecule has 0 fully saturated rings. The maximum Gasteiger partial charge on any atom is 0.306 e. The van der Waals surface area contributed by atoms with E-state index >= 15 is 0 Å². The van der Waals surface area contributed by atoms with Crippen molar-refractivity contribution in [2.75, 3.05) is 7.11 Å². The molecule has 0 saturated heterocycles. The highest BCUT2D eigenvalue weighted by Gasteiger charge is 2.16. The molecular formula is C11H13FO4. The molecule has 5 heteroatoms. The quantitative estimate of drug-likeness (QED) is 0.824. The largest absolute Gasteiger partial charge is 0.508 e. The van der Waals surface area contributed by atoms with Crippen molar-refractivity contribution in [3.63, 3.8) is 0 Å². The van der Waals surface area contributed by atoms with Gasteiger partial charge in [0.25, 0.3) is 0 Å². The third kappa shape index (κ3) is 2.62. The second-order valence-electron chi connectivity index (χ2n) is 3.56. The van der Waals surface area contributed by atoms with Crippen LogP contribution in [0.1, 0.15) is 12.5 Å². The molecule has 0 aliphatic heterocycles. The summed E-state index contributed by atoms with van der Waals surface area (Å²) < 4.78 is 17.9. The highest BCUT2D eigenvalue weighted by molar-refractivity contribution is 5.70. The van der Waals surface area contributed by atoms with Gasteiger partial charge < -0.3 is 14.9 Å². The predicted octanol–water partition coefficient (Wildman–Crippen LogP) is 1.80. The molecule has 1 unspecified atom stereocenters. The van der Waals surface area contributed by atoms with Crippen LogP contribution in [-0.4, -0.2) is 23.3 Å². The van der Waals surface area contributed by atoms with E-state index in [0.717, 1.165) is 6.07 Å². The lowest BCUT2D eigenvalue weighted by atomic mass is 10.0. The summed E-state index contributed by atoms with van der Waals surface area (Å²) >= 11 is 0. The minimum atomic E-state index is -0.970. The molecule has 0 spiro atoms. The number of carboxylic acid groups (broad SMARTS) is 1. The average Bonchev–Trinajstić information content (AvgIpc) is 2.21. The molecular weight excluding hydrogens is 215 g/mol. The fourth-order valence-corrected chi connectivity index (χ4v) is 1.32. The molecule has 0 bridgehead atoms. The van der Waals surface area contributed by atoms with Crippen molar-refractivity contribution < 1.29 is 24.1 Å². The lowest BCUT2D eigenvalue weighted by molar-refractivity contribution is -0.141. The summed E-state index contributed by atoms with van der Waals surface area (Å²) in [6.45, 7) is 1.51. The van der Waals surface area contributed by atoms with Gasteiger partial charge in [-0.25, -0.2) is 4.39 Å². The first-order valence-corrected chi connectivity index (χ1v) is 4.74. The fraction of sp³-hybridized carbons (Fsp3) is 0.364. The first-order valence-electron chi connectivity index (χ1n) is 4.74. The standard InChI is InChI=1S/C11H13FO4/c1-6(11(14)15)3-7-4-10(16-2)8(12)5-9(7)13/h4-6,13H,3H2,1-2H3,(H,14,15). The van der Waals surface area contributed by atoms with Crippen LogP contribution < -0.4 is 4.74 Å². The topological polar surface area (TPSA) is 66.8 Å². The van der Waals surface area contributed by atoms with Gasteiger partial charge in [-0.15, -0.1) is 0 Å². The number of ether oxygens (including phenoxy) is 1. The number of carbonyl (C=O) groups is 1. The van der Waals surface area contributed by atoms with Crippen molar-refractivity contribution in [2.45, 2.75) is 13.3 Å². The summed E-state index contributed by atoms with van der Waals surface area (Å²) in [6, 6.07) is 2.23. The lowest BCUT2D eigenvalue weighted by Gasteiger charge is -2.10. The normalized spacial score (nSPS) is 12.2. The van der Waals surface area contributed by atoms with Gasteiger partial charge in [0, 0.05) is 6.07 Å². The Morgan fingerprint density at radius 3 is 2.69 bits per heavy atom. The SMILES string of the molecule is COc1cc(CC(C)C(=O)O)c(O)cc1F. The maximum atomic E-state index is 13.1.